The molecule has 2 aromatic carbocycles. The standard InChI is InChI=1S/C16H12Cl2N2O/c1-9-2-4-12(17)15(14(9)18)20-16(21)11-3-5-13-10(8-11)6-7-19-13/h2-8,19H,1H3,(H,20,21). The van der Waals surface area contributed by atoms with Gasteiger partial charge in [-0.15, -0.1) is 0 Å². The maximum Gasteiger partial charge on any atom is 0.255 e. The fourth-order valence-corrected chi connectivity index (χ4v) is 2.62. The second-order valence-corrected chi connectivity index (χ2v) is 5.57. The topological polar surface area (TPSA) is 44.9 Å². The number of aryl methyl sites for hydroxylation is 1. The third-order valence-electron chi connectivity index (χ3n) is 3.34. The lowest BCUT2D eigenvalue weighted by Crippen LogP contribution is -2.12. The average molecular weight is 319 g/mol. The van der Waals surface area contributed by atoms with Gasteiger partial charge in [-0.1, -0.05) is 29.3 Å². The fraction of sp³-hybridized carbons (Fsp3) is 0.0625. The quantitative estimate of drug-likeness (QED) is 0.683. The molecule has 0 saturated carbocycles. The summed E-state index contributed by atoms with van der Waals surface area (Å²) >= 11 is 12.3. The molecule has 3 nitrogen and oxygen atoms in total. The SMILES string of the molecule is Cc1ccc(Cl)c(NC(=O)c2ccc3[nH]ccc3c2)c1Cl. The van der Waals surface area contributed by atoms with Crippen LogP contribution in [0.25, 0.3) is 10.9 Å². The number of benzene rings is 2. The van der Waals surface area contributed by atoms with Crippen molar-refractivity contribution in [1.29, 1.82) is 0 Å². The maximum absolute atomic E-state index is 12.4. The molecule has 2 N–H and O–H groups in total. The van der Waals surface area contributed by atoms with Gasteiger partial charge in [0.1, 0.15) is 0 Å². The van der Waals surface area contributed by atoms with Gasteiger partial charge in [-0.05, 0) is 42.8 Å². The van der Waals surface area contributed by atoms with Crippen molar-refractivity contribution in [2.75, 3.05) is 5.32 Å². The first-order chi connectivity index (χ1) is 10.1. The molecule has 0 saturated heterocycles. The van der Waals surface area contributed by atoms with Crippen LogP contribution in [0.4, 0.5) is 5.69 Å². The van der Waals surface area contributed by atoms with Gasteiger partial charge in [-0.3, -0.25) is 4.79 Å². The van der Waals surface area contributed by atoms with Crippen molar-refractivity contribution in [2.24, 2.45) is 0 Å². The summed E-state index contributed by atoms with van der Waals surface area (Å²) in [6.45, 7) is 1.86. The summed E-state index contributed by atoms with van der Waals surface area (Å²) in [5, 5.41) is 4.63. The lowest BCUT2D eigenvalue weighted by molar-refractivity contribution is 0.102. The third-order valence-corrected chi connectivity index (χ3v) is 4.14. The first-order valence-electron chi connectivity index (χ1n) is 6.39. The number of aromatic amines is 1. The van der Waals surface area contributed by atoms with Gasteiger partial charge in [0.25, 0.3) is 5.91 Å². The Hall–Kier alpha value is -1.97. The molecule has 0 aliphatic rings. The van der Waals surface area contributed by atoms with Crippen LogP contribution in [-0.4, -0.2) is 10.9 Å². The maximum atomic E-state index is 12.4. The van der Waals surface area contributed by atoms with Gasteiger partial charge in [0.15, 0.2) is 0 Å². The molecule has 0 spiro atoms. The molecule has 0 bridgehead atoms. The number of amides is 1. The van der Waals surface area contributed by atoms with Gasteiger partial charge >= 0.3 is 0 Å². The molecule has 5 heteroatoms. The molecule has 106 valence electrons. The minimum absolute atomic E-state index is 0.243. The van der Waals surface area contributed by atoms with Crippen LogP contribution in [0, 0.1) is 6.92 Å². The van der Waals surface area contributed by atoms with E-state index in [0.29, 0.717) is 21.3 Å². The molecule has 0 atom stereocenters. The van der Waals surface area contributed by atoms with Gasteiger partial charge in [-0.25, -0.2) is 0 Å². The summed E-state index contributed by atoms with van der Waals surface area (Å²) < 4.78 is 0. The highest BCUT2D eigenvalue weighted by Gasteiger charge is 2.13. The Morgan fingerprint density at radius 1 is 1.14 bits per heavy atom. The van der Waals surface area contributed by atoms with E-state index in [1.807, 2.05) is 37.4 Å². The van der Waals surface area contributed by atoms with Crippen LogP contribution in [0.1, 0.15) is 15.9 Å². The zero-order chi connectivity index (χ0) is 15.0. The van der Waals surface area contributed by atoms with Gasteiger partial charge in [-0.2, -0.15) is 0 Å². The summed E-state index contributed by atoms with van der Waals surface area (Å²) in [6.07, 6.45) is 1.83. The second-order valence-electron chi connectivity index (χ2n) is 4.79. The van der Waals surface area contributed by atoms with Crippen molar-refractivity contribution in [3.8, 4) is 0 Å². The molecule has 0 fully saturated rings. The number of hydrogen-bond acceptors (Lipinski definition) is 1. The summed E-state index contributed by atoms with van der Waals surface area (Å²) in [4.78, 5) is 15.4. The van der Waals surface area contributed by atoms with E-state index in [4.69, 9.17) is 23.2 Å². The Kier molecular flexibility index (Phi) is 3.62. The number of nitrogens with one attached hydrogen (secondary N) is 2. The van der Waals surface area contributed by atoms with E-state index in [2.05, 4.69) is 10.3 Å². The Morgan fingerprint density at radius 3 is 2.76 bits per heavy atom. The predicted octanol–water partition coefficient (Wildman–Crippen LogP) is 5.04. The van der Waals surface area contributed by atoms with Crippen LogP contribution in [0.15, 0.2) is 42.6 Å². The molecule has 0 radical (unpaired) electrons. The number of hydrogen-bond donors (Lipinski definition) is 2. The van der Waals surface area contributed by atoms with Crippen LogP contribution in [0.3, 0.4) is 0 Å². The Balaban J connectivity index is 1.94. The highest BCUT2D eigenvalue weighted by atomic mass is 35.5. The molecular weight excluding hydrogens is 307 g/mol. The van der Waals surface area contributed by atoms with Crippen molar-refractivity contribution in [1.82, 2.24) is 4.98 Å². The number of anilines is 1. The molecular formula is C16H12Cl2N2O. The highest BCUT2D eigenvalue weighted by Crippen LogP contribution is 2.33. The van der Waals surface area contributed by atoms with E-state index in [1.165, 1.54) is 0 Å². The first kappa shape index (κ1) is 14.0. The number of fused-ring (bicyclic) bond motifs is 1. The van der Waals surface area contributed by atoms with E-state index in [1.54, 1.807) is 12.1 Å². The van der Waals surface area contributed by atoms with Crippen LogP contribution in [0.5, 0.6) is 0 Å². The Morgan fingerprint density at radius 2 is 1.95 bits per heavy atom. The molecule has 0 unspecified atom stereocenters. The van der Waals surface area contributed by atoms with Crippen LogP contribution in [0.2, 0.25) is 10.0 Å². The average Bonchev–Trinajstić information content (AvgIpc) is 2.94. The first-order valence-corrected chi connectivity index (χ1v) is 7.15. The van der Waals surface area contributed by atoms with E-state index in [-0.39, 0.29) is 5.91 Å². The number of carbonyl (C=O) groups excluding carboxylic acids is 1. The smallest absolute Gasteiger partial charge is 0.255 e. The van der Waals surface area contributed by atoms with Crippen molar-refractivity contribution < 1.29 is 4.79 Å². The molecule has 21 heavy (non-hydrogen) atoms. The van der Waals surface area contributed by atoms with Gasteiger partial charge in [0.2, 0.25) is 0 Å². The largest absolute Gasteiger partial charge is 0.361 e. The van der Waals surface area contributed by atoms with Crippen molar-refractivity contribution in [3.05, 3.63) is 63.8 Å². The van der Waals surface area contributed by atoms with Gasteiger partial charge < -0.3 is 10.3 Å². The van der Waals surface area contributed by atoms with Crippen LogP contribution < -0.4 is 5.32 Å². The Bertz CT molecular complexity index is 839. The molecule has 0 aliphatic heterocycles. The third kappa shape index (κ3) is 2.62. The number of rotatable bonds is 2. The van der Waals surface area contributed by atoms with E-state index < -0.39 is 0 Å². The van der Waals surface area contributed by atoms with Gasteiger partial charge in [0.05, 0.1) is 15.7 Å². The highest BCUT2D eigenvalue weighted by molar-refractivity contribution is 6.40. The number of halogens is 2. The molecule has 0 aliphatic carbocycles. The fourth-order valence-electron chi connectivity index (χ4n) is 2.15. The predicted molar refractivity (Wildman–Crippen MR) is 87.5 cm³/mol. The molecule has 3 aromatic rings. The normalized spacial score (nSPS) is 10.8. The minimum atomic E-state index is -0.243. The minimum Gasteiger partial charge on any atom is -0.361 e. The summed E-state index contributed by atoms with van der Waals surface area (Å²) in [6, 6.07) is 10.9. The Labute approximate surface area is 131 Å². The number of aromatic nitrogens is 1. The van der Waals surface area contributed by atoms with Crippen molar-refractivity contribution >= 4 is 45.7 Å². The lowest BCUT2D eigenvalue weighted by atomic mass is 10.1. The van der Waals surface area contributed by atoms with Crippen LogP contribution >= 0.6 is 23.2 Å². The van der Waals surface area contributed by atoms with E-state index in [0.717, 1.165) is 16.5 Å². The monoisotopic (exact) mass is 318 g/mol. The lowest BCUT2D eigenvalue weighted by Gasteiger charge is -2.11. The molecule has 1 heterocycles. The number of H-pyrrole nitrogens is 1. The zero-order valence-corrected chi connectivity index (χ0v) is 12.7. The molecule has 1 aromatic heterocycles. The second kappa shape index (κ2) is 5.43. The number of carbonyl (C=O) groups is 1. The molecule has 3 rings (SSSR count). The van der Waals surface area contributed by atoms with Crippen molar-refractivity contribution in [2.45, 2.75) is 6.92 Å². The summed E-state index contributed by atoms with van der Waals surface area (Å²) in [5.74, 6) is -0.243. The van der Waals surface area contributed by atoms with Crippen LogP contribution in [-0.2, 0) is 0 Å². The molecule has 1 amide bonds. The van der Waals surface area contributed by atoms with Gasteiger partial charge in [0, 0.05) is 22.7 Å². The van der Waals surface area contributed by atoms with E-state index in [9.17, 15) is 4.79 Å². The van der Waals surface area contributed by atoms with Crippen molar-refractivity contribution in [3.63, 3.8) is 0 Å². The zero-order valence-electron chi connectivity index (χ0n) is 11.2. The summed E-state index contributed by atoms with van der Waals surface area (Å²) in [5.41, 5.74) is 2.84. The summed E-state index contributed by atoms with van der Waals surface area (Å²) in [7, 11) is 0. The van der Waals surface area contributed by atoms with E-state index >= 15 is 0 Å².